The monoisotopic (exact) mass is 424 g/mol. The van der Waals surface area contributed by atoms with Gasteiger partial charge in [0, 0.05) is 12.8 Å². The van der Waals surface area contributed by atoms with E-state index in [1.807, 2.05) is 36.4 Å². The van der Waals surface area contributed by atoms with E-state index in [0.29, 0.717) is 30.3 Å². The molecule has 3 heterocycles. The third kappa shape index (κ3) is 4.76. The summed E-state index contributed by atoms with van der Waals surface area (Å²) in [5.41, 5.74) is 1.40. The molecule has 0 saturated carbocycles. The minimum absolute atomic E-state index is 0.133. The van der Waals surface area contributed by atoms with Crippen molar-refractivity contribution in [2.24, 2.45) is 0 Å². The van der Waals surface area contributed by atoms with Gasteiger partial charge in [-0.05, 0) is 43.4 Å². The molecule has 3 aliphatic heterocycles. The van der Waals surface area contributed by atoms with Crippen LogP contribution >= 0.6 is 0 Å². The summed E-state index contributed by atoms with van der Waals surface area (Å²) >= 11 is 0. The van der Waals surface area contributed by atoms with Crippen LogP contribution in [0, 0.1) is 0 Å². The molecule has 0 spiro atoms. The molecule has 3 aliphatic rings. The fourth-order valence-electron chi connectivity index (χ4n) is 4.19. The van der Waals surface area contributed by atoms with Crippen LogP contribution in [-0.2, 0) is 14.2 Å². The van der Waals surface area contributed by atoms with Crippen LogP contribution in [-0.4, -0.2) is 37.7 Å². The van der Waals surface area contributed by atoms with E-state index in [1.165, 1.54) is 0 Å². The Morgan fingerprint density at radius 1 is 0.774 bits per heavy atom. The summed E-state index contributed by atoms with van der Waals surface area (Å²) in [6.07, 6.45) is 4.25. The summed E-state index contributed by atoms with van der Waals surface area (Å²) in [4.78, 5) is 13.5. The molecule has 0 radical (unpaired) electrons. The average Bonchev–Trinajstić information content (AvgIpc) is 3.62. The van der Waals surface area contributed by atoms with Gasteiger partial charge >= 0.3 is 0 Å². The van der Waals surface area contributed by atoms with E-state index in [0.717, 1.165) is 44.1 Å². The van der Waals surface area contributed by atoms with Crippen molar-refractivity contribution in [3.63, 3.8) is 0 Å². The molecule has 2 unspecified atom stereocenters. The summed E-state index contributed by atoms with van der Waals surface area (Å²) in [6.45, 7) is 1.34. The third-order valence-corrected chi connectivity index (χ3v) is 5.91. The van der Waals surface area contributed by atoms with Gasteiger partial charge in [-0.3, -0.25) is 4.79 Å². The Labute approximate surface area is 182 Å². The molecule has 0 aromatic heterocycles. The Hall–Kier alpha value is -2.41. The fraction of sp³-hybridized carbons (Fsp3) is 0.480. The van der Waals surface area contributed by atoms with E-state index in [9.17, 15) is 4.79 Å². The largest absolute Gasteiger partial charge is 0.464 e. The van der Waals surface area contributed by atoms with Gasteiger partial charge in [0.2, 0.25) is 5.78 Å². The van der Waals surface area contributed by atoms with Gasteiger partial charge in [-0.25, -0.2) is 0 Å². The predicted octanol–water partition coefficient (Wildman–Crippen LogP) is 4.82. The lowest BCUT2D eigenvalue weighted by Crippen LogP contribution is -2.28. The summed E-state index contributed by atoms with van der Waals surface area (Å²) < 4.78 is 29.5. The van der Waals surface area contributed by atoms with Gasteiger partial charge in [0.15, 0.2) is 18.7 Å². The van der Waals surface area contributed by atoms with E-state index in [-0.39, 0.29) is 24.5 Å². The Morgan fingerprint density at radius 3 is 1.94 bits per heavy atom. The minimum atomic E-state index is -0.547. The highest BCUT2D eigenvalue weighted by Crippen LogP contribution is 2.44. The van der Waals surface area contributed by atoms with Crippen molar-refractivity contribution < 1.29 is 28.5 Å². The van der Waals surface area contributed by atoms with Gasteiger partial charge < -0.3 is 23.7 Å². The summed E-state index contributed by atoms with van der Waals surface area (Å²) in [5, 5.41) is 0. The molecule has 3 fully saturated rings. The number of Topliss-reactive ketones (excluding diaryl/α,β-unsaturated/α-hetero) is 1. The van der Waals surface area contributed by atoms with Gasteiger partial charge in [0.25, 0.3) is 0 Å². The number of hydrogen-bond donors (Lipinski definition) is 0. The van der Waals surface area contributed by atoms with E-state index >= 15 is 0 Å². The smallest absolute Gasteiger partial charge is 0.202 e. The molecule has 0 bridgehead atoms. The first-order valence-electron chi connectivity index (χ1n) is 11.2. The Balaban J connectivity index is 1.41. The lowest BCUT2D eigenvalue weighted by Gasteiger charge is -2.27. The summed E-state index contributed by atoms with van der Waals surface area (Å²) in [6, 6.07) is 15.3. The van der Waals surface area contributed by atoms with Gasteiger partial charge in [-0.2, -0.15) is 0 Å². The maximum Gasteiger partial charge on any atom is 0.202 e. The lowest BCUT2D eigenvalue weighted by atomic mass is 10.0. The Kier molecular flexibility index (Phi) is 6.20. The Bertz CT molecular complexity index is 848. The zero-order chi connectivity index (χ0) is 21.0. The van der Waals surface area contributed by atoms with E-state index in [4.69, 9.17) is 23.7 Å². The highest BCUT2D eigenvalue weighted by molar-refractivity contribution is 6.06. The summed E-state index contributed by atoms with van der Waals surface area (Å²) in [7, 11) is 0. The molecule has 31 heavy (non-hydrogen) atoms. The van der Waals surface area contributed by atoms with Crippen LogP contribution in [0.3, 0.4) is 0 Å². The number of rotatable bonds is 7. The quantitative estimate of drug-likeness (QED) is 0.469. The summed E-state index contributed by atoms with van der Waals surface area (Å²) in [5.74, 6) is 0.825. The SMILES string of the molecule is O=C(c1c(OC2CCCCO2)cccc1OC1CCCCO1)[C@H]1O[C@@H]1c1ccccc1. The molecule has 2 aromatic carbocycles. The first-order chi connectivity index (χ1) is 15.3. The highest BCUT2D eigenvalue weighted by atomic mass is 16.7. The molecule has 164 valence electrons. The average molecular weight is 424 g/mol. The molecule has 2 aromatic rings. The second-order valence-electron chi connectivity index (χ2n) is 8.21. The van der Waals surface area contributed by atoms with Crippen molar-refractivity contribution in [1.82, 2.24) is 0 Å². The van der Waals surface area contributed by atoms with Crippen LogP contribution in [0.4, 0.5) is 0 Å². The van der Waals surface area contributed by atoms with Crippen molar-refractivity contribution in [2.45, 2.75) is 63.3 Å². The first kappa shape index (κ1) is 20.5. The van der Waals surface area contributed by atoms with E-state index < -0.39 is 6.10 Å². The zero-order valence-corrected chi connectivity index (χ0v) is 17.5. The van der Waals surface area contributed by atoms with Crippen molar-refractivity contribution in [3.8, 4) is 11.5 Å². The van der Waals surface area contributed by atoms with Gasteiger partial charge in [-0.15, -0.1) is 0 Å². The van der Waals surface area contributed by atoms with Crippen LogP contribution in [0.2, 0.25) is 0 Å². The van der Waals surface area contributed by atoms with Crippen molar-refractivity contribution in [2.75, 3.05) is 13.2 Å². The zero-order valence-electron chi connectivity index (χ0n) is 17.5. The molecular formula is C25H28O6. The van der Waals surface area contributed by atoms with Crippen molar-refractivity contribution >= 4 is 5.78 Å². The van der Waals surface area contributed by atoms with Crippen LogP contribution in [0.5, 0.6) is 11.5 Å². The standard InChI is InChI=1S/C25H28O6/c26-23(25-24(31-25)17-9-2-1-3-10-17)22-18(29-20-13-4-6-15-27-20)11-8-12-19(22)30-21-14-5-7-16-28-21/h1-3,8-12,20-21,24-25H,4-7,13-16H2/t20?,21?,24-,25-/m1/s1. The number of benzene rings is 2. The Morgan fingerprint density at radius 2 is 1.39 bits per heavy atom. The van der Waals surface area contributed by atoms with Gasteiger partial charge in [0.1, 0.15) is 23.2 Å². The molecule has 3 saturated heterocycles. The van der Waals surface area contributed by atoms with Crippen molar-refractivity contribution in [3.05, 3.63) is 59.7 Å². The minimum Gasteiger partial charge on any atom is -0.464 e. The molecule has 5 rings (SSSR count). The van der Waals surface area contributed by atoms with Crippen LogP contribution in [0.25, 0.3) is 0 Å². The lowest BCUT2D eigenvalue weighted by molar-refractivity contribution is -0.109. The molecule has 6 heteroatoms. The van der Waals surface area contributed by atoms with Crippen molar-refractivity contribution in [1.29, 1.82) is 0 Å². The van der Waals surface area contributed by atoms with Crippen LogP contribution in [0.15, 0.2) is 48.5 Å². The second kappa shape index (κ2) is 9.39. The maximum absolute atomic E-state index is 13.5. The van der Waals surface area contributed by atoms with Gasteiger partial charge in [0.05, 0.1) is 13.2 Å². The topological polar surface area (TPSA) is 66.5 Å². The van der Waals surface area contributed by atoms with E-state index in [2.05, 4.69) is 0 Å². The molecular weight excluding hydrogens is 396 g/mol. The number of ether oxygens (including phenoxy) is 5. The molecule has 0 N–H and O–H groups in total. The molecule has 6 nitrogen and oxygen atoms in total. The second-order valence-corrected chi connectivity index (χ2v) is 8.21. The number of carbonyl (C=O) groups is 1. The fourth-order valence-corrected chi connectivity index (χ4v) is 4.19. The van der Waals surface area contributed by atoms with Gasteiger partial charge in [-0.1, -0.05) is 36.4 Å². The molecule has 0 aliphatic carbocycles. The number of epoxide rings is 1. The number of hydrogen-bond acceptors (Lipinski definition) is 6. The maximum atomic E-state index is 13.5. The first-order valence-corrected chi connectivity index (χ1v) is 11.2. The van der Waals surface area contributed by atoms with E-state index in [1.54, 1.807) is 12.1 Å². The molecule has 4 atom stereocenters. The predicted molar refractivity (Wildman–Crippen MR) is 113 cm³/mol. The number of ketones is 1. The van der Waals surface area contributed by atoms with Crippen LogP contribution in [0.1, 0.15) is 60.6 Å². The number of carbonyl (C=O) groups excluding carboxylic acids is 1. The molecule has 0 amide bonds. The van der Waals surface area contributed by atoms with Crippen LogP contribution < -0.4 is 9.47 Å². The third-order valence-electron chi connectivity index (χ3n) is 5.91. The normalized spacial score (nSPS) is 28.0. The highest BCUT2D eigenvalue weighted by Gasteiger charge is 2.48.